The number of phenolic OH excluding ortho intramolecular Hbond substituents is 2. The van der Waals surface area contributed by atoms with E-state index >= 15 is 0 Å². The lowest BCUT2D eigenvalue weighted by Gasteiger charge is -1.97. The topological polar surface area (TPSA) is 91.2 Å². The van der Waals surface area contributed by atoms with E-state index < -0.39 is 0 Å². The van der Waals surface area contributed by atoms with Crippen LogP contribution >= 0.6 is 11.8 Å². The predicted octanol–water partition coefficient (Wildman–Crippen LogP) is 1.11. The highest BCUT2D eigenvalue weighted by atomic mass is 32.2. The third-order valence-electron chi connectivity index (χ3n) is 1.57. The average molecular weight is 225 g/mol. The molecule has 0 unspecified atom stereocenters. The Hall–Kier alpha value is -1.69. The molecule has 1 rings (SSSR count). The highest BCUT2D eigenvalue weighted by Gasteiger charge is 1.98. The molecule has 0 saturated heterocycles. The van der Waals surface area contributed by atoms with Gasteiger partial charge in [-0.2, -0.15) is 5.10 Å². The molecule has 15 heavy (non-hydrogen) atoms. The van der Waals surface area contributed by atoms with Crippen LogP contribution in [0, 0.1) is 0 Å². The Morgan fingerprint density at radius 2 is 2.20 bits per heavy atom. The summed E-state index contributed by atoms with van der Waals surface area (Å²) in [5, 5.41) is 26.2. The summed E-state index contributed by atoms with van der Waals surface area (Å²) < 4.78 is 0. The molecule has 1 aromatic carbocycles. The van der Waals surface area contributed by atoms with Crippen molar-refractivity contribution in [2.75, 3.05) is 6.26 Å². The summed E-state index contributed by atoms with van der Waals surface area (Å²) in [6.45, 7) is 0. The third kappa shape index (κ3) is 3.51. The van der Waals surface area contributed by atoms with Gasteiger partial charge in [-0.1, -0.05) is 11.8 Å². The molecule has 0 spiro atoms. The highest BCUT2D eigenvalue weighted by molar-refractivity contribution is 8.13. The van der Waals surface area contributed by atoms with Gasteiger partial charge < -0.3 is 15.9 Å². The van der Waals surface area contributed by atoms with E-state index in [-0.39, 0.29) is 11.5 Å². The molecule has 80 valence electrons. The number of nitrogens with two attached hydrogens (primary N) is 1. The summed E-state index contributed by atoms with van der Waals surface area (Å²) in [7, 11) is 0. The second kappa shape index (κ2) is 5.26. The maximum Gasteiger partial charge on any atom is 0.180 e. The molecule has 0 atom stereocenters. The molecular weight excluding hydrogens is 214 g/mol. The first kappa shape index (κ1) is 11.4. The smallest absolute Gasteiger partial charge is 0.180 e. The van der Waals surface area contributed by atoms with Gasteiger partial charge in [-0.25, -0.2) is 0 Å². The number of rotatable bonds is 2. The Bertz CT molecular complexity index is 404. The molecule has 0 aromatic heterocycles. The summed E-state index contributed by atoms with van der Waals surface area (Å²) in [6, 6.07) is 4.13. The van der Waals surface area contributed by atoms with Gasteiger partial charge >= 0.3 is 0 Å². The first-order valence-corrected chi connectivity index (χ1v) is 5.28. The largest absolute Gasteiger partial charge is 0.508 e. The van der Waals surface area contributed by atoms with Gasteiger partial charge in [-0.3, -0.25) is 0 Å². The number of thioether (sulfide) groups is 1. The van der Waals surface area contributed by atoms with Crippen LogP contribution in [0.25, 0.3) is 0 Å². The van der Waals surface area contributed by atoms with Crippen molar-refractivity contribution >= 4 is 23.1 Å². The number of hydrogen-bond donors (Lipinski definition) is 3. The van der Waals surface area contributed by atoms with Crippen molar-refractivity contribution in [1.29, 1.82) is 0 Å². The van der Waals surface area contributed by atoms with Crippen molar-refractivity contribution < 1.29 is 10.2 Å². The van der Waals surface area contributed by atoms with Gasteiger partial charge in [0.15, 0.2) is 5.17 Å². The number of amidine groups is 1. The molecule has 0 radical (unpaired) electrons. The molecule has 0 saturated carbocycles. The van der Waals surface area contributed by atoms with Crippen LogP contribution in [-0.2, 0) is 0 Å². The summed E-state index contributed by atoms with van der Waals surface area (Å²) >= 11 is 1.27. The van der Waals surface area contributed by atoms with Gasteiger partial charge in [-0.05, 0) is 24.5 Å². The summed E-state index contributed by atoms with van der Waals surface area (Å²) in [6.07, 6.45) is 3.10. The van der Waals surface area contributed by atoms with E-state index in [1.54, 1.807) is 6.26 Å². The number of hydrogen-bond acceptors (Lipinski definition) is 5. The normalized spacial score (nSPS) is 12.2. The first-order valence-electron chi connectivity index (χ1n) is 4.06. The van der Waals surface area contributed by atoms with Gasteiger partial charge in [0.2, 0.25) is 0 Å². The Kier molecular flexibility index (Phi) is 3.99. The SMILES string of the molecule is CS/C(N)=N\N=C\c1cc(O)ccc1O. The van der Waals surface area contributed by atoms with Crippen LogP contribution in [0.15, 0.2) is 28.4 Å². The van der Waals surface area contributed by atoms with E-state index in [4.69, 9.17) is 10.8 Å². The monoisotopic (exact) mass is 225 g/mol. The summed E-state index contributed by atoms with van der Waals surface area (Å²) in [5.41, 5.74) is 5.77. The molecule has 0 fully saturated rings. The van der Waals surface area contributed by atoms with Crippen LogP contribution in [0.5, 0.6) is 11.5 Å². The van der Waals surface area contributed by atoms with Crippen molar-refractivity contribution in [3.05, 3.63) is 23.8 Å². The lowest BCUT2D eigenvalue weighted by molar-refractivity contribution is 0.459. The van der Waals surface area contributed by atoms with Crippen LogP contribution in [-0.4, -0.2) is 27.9 Å². The zero-order chi connectivity index (χ0) is 11.3. The Labute approximate surface area is 91.3 Å². The molecule has 1 aromatic rings. The van der Waals surface area contributed by atoms with Gasteiger partial charge in [0.05, 0.1) is 6.21 Å². The maximum atomic E-state index is 9.37. The summed E-state index contributed by atoms with van der Waals surface area (Å²) in [5.74, 6) is 0.0746. The lowest BCUT2D eigenvalue weighted by Crippen LogP contribution is -2.03. The van der Waals surface area contributed by atoms with Gasteiger partial charge in [0.25, 0.3) is 0 Å². The van der Waals surface area contributed by atoms with Crippen molar-refractivity contribution in [2.45, 2.75) is 0 Å². The van der Waals surface area contributed by atoms with E-state index in [1.807, 2.05) is 0 Å². The van der Waals surface area contributed by atoms with E-state index in [0.717, 1.165) is 0 Å². The molecule has 0 amide bonds. The predicted molar refractivity (Wildman–Crippen MR) is 62.5 cm³/mol. The molecule has 0 heterocycles. The number of aromatic hydroxyl groups is 2. The fraction of sp³-hybridized carbons (Fsp3) is 0.111. The van der Waals surface area contributed by atoms with Crippen molar-refractivity contribution in [2.24, 2.45) is 15.9 Å². The Morgan fingerprint density at radius 1 is 1.47 bits per heavy atom. The second-order valence-corrected chi connectivity index (χ2v) is 3.46. The van der Waals surface area contributed by atoms with Crippen molar-refractivity contribution in [1.82, 2.24) is 0 Å². The van der Waals surface area contributed by atoms with Crippen LogP contribution in [0.1, 0.15) is 5.56 Å². The van der Waals surface area contributed by atoms with E-state index in [0.29, 0.717) is 10.7 Å². The zero-order valence-electron chi connectivity index (χ0n) is 8.08. The van der Waals surface area contributed by atoms with Crippen LogP contribution < -0.4 is 5.73 Å². The van der Waals surface area contributed by atoms with Crippen molar-refractivity contribution in [3.63, 3.8) is 0 Å². The minimum atomic E-state index is 0.0227. The standard InChI is InChI=1S/C9H11N3O2S/c1-15-9(10)12-11-5-6-4-7(13)2-3-8(6)14/h2-5,13-14H,1H3,(H2,10,12)/b11-5+. The molecule has 0 aliphatic heterocycles. The van der Waals surface area contributed by atoms with Gasteiger partial charge in [0.1, 0.15) is 11.5 Å². The molecular formula is C9H11N3O2S. The minimum Gasteiger partial charge on any atom is -0.508 e. The second-order valence-electron chi connectivity index (χ2n) is 2.63. The number of nitrogens with zero attached hydrogens (tertiary/aromatic N) is 2. The van der Waals surface area contributed by atoms with E-state index in [1.165, 1.54) is 36.2 Å². The Balaban J connectivity index is 2.84. The maximum absolute atomic E-state index is 9.37. The van der Waals surface area contributed by atoms with Gasteiger partial charge in [-0.15, -0.1) is 5.10 Å². The zero-order valence-corrected chi connectivity index (χ0v) is 8.90. The van der Waals surface area contributed by atoms with Crippen LogP contribution in [0.4, 0.5) is 0 Å². The van der Waals surface area contributed by atoms with Crippen LogP contribution in [0.2, 0.25) is 0 Å². The quantitative estimate of drug-likeness (QED) is 0.304. The Morgan fingerprint density at radius 3 is 2.87 bits per heavy atom. The molecule has 0 bridgehead atoms. The number of phenols is 2. The highest BCUT2D eigenvalue weighted by Crippen LogP contribution is 2.20. The van der Waals surface area contributed by atoms with E-state index in [2.05, 4.69) is 10.2 Å². The lowest BCUT2D eigenvalue weighted by atomic mass is 10.2. The van der Waals surface area contributed by atoms with Crippen LogP contribution in [0.3, 0.4) is 0 Å². The molecule has 4 N–H and O–H groups in total. The third-order valence-corrected chi connectivity index (χ3v) is 2.07. The number of benzene rings is 1. The molecule has 0 aliphatic rings. The molecule has 5 nitrogen and oxygen atoms in total. The van der Waals surface area contributed by atoms with Crippen molar-refractivity contribution in [3.8, 4) is 11.5 Å². The molecule has 0 aliphatic carbocycles. The average Bonchev–Trinajstić information content (AvgIpc) is 2.23. The minimum absolute atomic E-state index is 0.0227. The van der Waals surface area contributed by atoms with Gasteiger partial charge in [0, 0.05) is 5.56 Å². The summed E-state index contributed by atoms with van der Waals surface area (Å²) in [4.78, 5) is 0. The molecule has 6 heteroatoms. The fourth-order valence-corrected chi connectivity index (χ4v) is 0.963. The van der Waals surface area contributed by atoms with E-state index in [9.17, 15) is 5.11 Å². The first-order chi connectivity index (χ1) is 7.13. The fourth-order valence-electron chi connectivity index (χ4n) is 0.834.